The molecular formula is C22H20N4O3S. The predicted octanol–water partition coefficient (Wildman–Crippen LogP) is 3.84. The van der Waals surface area contributed by atoms with Crippen LogP contribution in [0.4, 0.5) is 5.69 Å². The summed E-state index contributed by atoms with van der Waals surface area (Å²) in [7, 11) is -3.84. The van der Waals surface area contributed by atoms with Gasteiger partial charge in [0.1, 0.15) is 6.33 Å². The minimum atomic E-state index is -3.84. The molecule has 4 rings (SSSR count). The molecule has 0 aliphatic heterocycles. The fourth-order valence-corrected chi connectivity index (χ4v) is 4.15. The van der Waals surface area contributed by atoms with E-state index in [9.17, 15) is 13.2 Å². The van der Waals surface area contributed by atoms with Crippen molar-refractivity contribution < 1.29 is 13.2 Å². The van der Waals surface area contributed by atoms with Crippen LogP contribution in [0.3, 0.4) is 0 Å². The molecule has 0 saturated carbocycles. The number of benzene rings is 3. The summed E-state index contributed by atoms with van der Waals surface area (Å²) in [6.45, 7) is 3.68. The van der Waals surface area contributed by atoms with E-state index in [4.69, 9.17) is 0 Å². The second kappa shape index (κ2) is 7.64. The third-order valence-corrected chi connectivity index (χ3v) is 6.12. The average molecular weight is 420 g/mol. The Morgan fingerprint density at radius 3 is 2.47 bits per heavy atom. The Morgan fingerprint density at radius 2 is 1.70 bits per heavy atom. The topological polar surface area (TPSA) is 93.1 Å². The number of aryl methyl sites for hydroxylation is 2. The van der Waals surface area contributed by atoms with Crippen LogP contribution in [0.2, 0.25) is 0 Å². The van der Waals surface area contributed by atoms with Gasteiger partial charge in [0.2, 0.25) is 0 Å². The van der Waals surface area contributed by atoms with Gasteiger partial charge in [-0.2, -0.15) is 0 Å². The van der Waals surface area contributed by atoms with Crippen LogP contribution < -0.4 is 10.1 Å². The number of hydrogen-bond donors (Lipinski definition) is 2. The van der Waals surface area contributed by atoms with Gasteiger partial charge in [-0.25, -0.2) is 18.1 Å². The van der Waals surface area contributed by atoms with E-state index in [1.54, 1.807) is 25.1 Å². The molecule has 7 nitrogen and oxygen atoms in total. The van der Waals surface area contributed by atoms with E-state index in [0.29, 0.717) is 11.3 Å². The van der Waals surface area contributed by atoms with Crippen LogP contribution in [0.5, 0.6) is 0 Å². The number of nitrogens with zero attached hydrogens (tertiary/aromatic N) is 2. The summed E-state index contributed by atoms with van der Waals surface area (Å²) in [4.78, 5) is 17.1. The Bertz CT molecular complexity index is 1340. The van der Waals surface area contributed by atoms with Crippen LogP contribution in [0.25, 0.3) is 11.0 Å². The van der Waals surface area contributed by atoms with Crippen molar-refractivity contribution >= 4 is 32.7 Å². The molecule has 152 valence electrons. The van der Waals surface area contributed by atoms with Gasteiger partial charge >= 0.3 is 0 Å². The van der Waals surface area contributed by atoms with Gasteiger partial charge in [0, 0.05) is 11.3 Å². The molecule has 0 fully saturated rings. The SMILES string of the molecule is Cc1ccc(NS(=O)(=O)c2ccc(C)c(C(=O)Nn3cnc4ccccc43)c2)cc1. The first-order valence-corrected chi connectivity index (χ1v) is 10.8. The summed E-state index contributed by atoms with van der Waals surface area (Å²) in [5.74, 6) is -0.428. The summed E-state index contributed by atoms with van der Waals surface area (Å²) in [5, 5.41) is 0. The number of hydrogen-bond acceptors (Lipinski definition) is 4. The maximum atomic E-state index is 12.9. The zero-order valence-electron chi connectivity index (χ0n) is 16.5. The number of nitrogens with one attached hydrogen (secondary N) is 2. The van der Waals surface area contributed by atoms with Gasteiger partial charge in [0.25, 0.3) is 15.9 Å². The van der Waals surface area contributed by atoms with Crippen LogP contribution >= 0.6 is 0 Å². The summed E-state index contributed by atoms with van der Waals surface area (Å²) >= 11 is 0. The molecule has 3 aromatic carbocycles. The first-order valence-electron chi connectivity index (χ1n) is 9.27. The molecule has 1 heterocycles. The summed E-state index contributed by atoms with van der Waals surface area (Å²) in [6.07, 6.45) is 1.51. The molecule has 0 spiro atoms. The third kappa shape index (κ3) is 3.90. The number of carbonyl (C=O) groups excluding carboxylic acids is 1. The number of rotatable bonds is 5. The molecule has 1 aromatic heterocycles. The molecule has 0 radical (unpaired) electrons. The molecule has 4 aromatic rings. The smallest absolute Gasteiger partial charge is 0.270 e. The highest BCUT2D eigenvalue weighted by atomic mass is 32.2. The van der Waals surface area contributed by atoms with Gasteiger partial charge in [-0.3, -0.25) is 14.9 Å². The minimum Gasteiger partial charge on any atom is -0.280 e. The van der Waals surface area contributed by atoms with Crippen LogP contribution in [0.15, 0.2) is 78.0 Å². The van der Waals surface area contributed by atoms with E-state index in [1.165, 1.54) is 23.1 Å². The van der Waals surface area contributed by atoms with Gasteiger partial charge in [-0.05, 0) is 55.8 Å². The molecular weight excluding hydrogens is 400 g/mol. The van der Waals surface area contributed by atoms with E-state index in [2.05, 4.69) is 15.1 Å². The molecule has 0 bridgehead atoms. The predicted molar refractivity (Wildman–Crippen MR) is 117 cm³/mol. The highest BCUT2D eigenvalue weighted by Gasteiger charge is 2.19. The van der Waals surface area contributed by atoms with Crippen molar-refractivity contribution in [3.63, 3.8) is 0 Å². The number of anilines is 1. The fourth-order valence-electron chi connectivity index (χ4n) is 3.07. The van der Waals surface area contributed by atoms with Crippen molar-refractivity contribution in [3.05, 3.63) is 89.7 Å². The first-order chi connectivity index (χ1) is 14.3. The van der Waals surface area contributed by atoms with E-state index < -0.39 is 15.9 Å². The Balaban J connectivity index is 1.62. The van der Waals surface area contributed by atoms with Crippen molar-refractivity contribution in [1.82, 2.24) is 9.66 Å². The van der Waals surface area contributed by atoms with Gasteiger partial charge in [-0.1, -0.05) is 35.9 Å². The molecule has 30 heavy (non-hydrogen) atoms. The summed E-state index contributed by atoms with van der Waals surface area (Å²) in [6, 6.07) is 18.9. The van der Waals surface area contributed by atoms with Gasteiger partial charge < -0.3 is 0 Å². The number of aromatic nitrogens is 2. The Morgan fingerprint density at radius 1 is 0.967 bits per heavy atom. The highest BCUT2D eigenvalue weighted by molar-refractivity contribution is 7.92. The van der Waals surface area contributed by atoms with Crippen molar-refractivity contribution in [3.8, 4) is 0 Å². The molecule has 0 saturated heterocycles. The fraction of sp³-hybridized carbons (Fsp3) is 0.0909. The minimum absolute atomic E-state index is 0.00862. The van der Waals surface area contributed by atoms with E-state index in [1.807, 2.05) is 43.3 Å². The second-order valence-corrected chi connectivity index (χ2v) is 8.67. The molecule has 0 aliphatic rings. The highest BCUT2D eigenvalue weighted by Crippen LogP contribution is 2.20. The molecule has 8 heteroatoms. The van der Waals surface area contributed by atoms with Crippen LogP contribution in [0, 0.1) is 13.8 Å². The maximum absolute atomic E-state index is 12.9. The molecule has 0 aliphatic carbocycles. The summed E-state index contributed by atoms with van der Waals surface area (Å²) in [5.41, 5.74) is 6.65. The largest absolute Gasteiger partial charge is 0.280 e. The Labute approximate surface area is 174 Å². The maximum Gasteiger partial charge on any atom is 0.270 e. The lowest BCUT2D eigenvalue weighted by Crippen LogP contribution is -2.23. The average Bonchev–Trinajstić information content (AvgIpc) is 3.12. The number of amides is 1. The monoisotopic (exact) mass is 420 g/mol. The number of imidazole rings is 1. The van der Waals surface area contributed by atoms with Gasteiger partial charge in [0.15, 0.2) is 0 Å². The van der Waals surface area contributed by atoms with Crippen molar-refractivity contribution in [2.75, 3.05) is 10.1 Å². The summed E-state index contributed by atoms with van der Waals surface area (Å²) < 4.78 is 29.7. The number of para-hydroxylation sites is 2. The molecule has 1 amide bonds. The second-order valence-electron chi connectivity index (χ2n) is 6.99. The lowest BCUT2D eigenvalue weighted by atomic mass is 10.1. The van der Waals surface area contributed by atoms with E-state index in [-0.39, 0.29) is 10.5 Å². The Hall–Kier alpha value is -3.65. The van der Waals surface area contributed by atoms with Crippen molar-refractivity contribution in [1.29, 1.82) is 0 Å². The lowest BCUT2D eigenvalue weighted by molar-refractivity contribution is 0.101. The number of fused-ring (bicyclic) bond motifs is 1. The normalized spacial score (nSPS) is 11.4. The van der Waals surface area contributed by atoms with Gasteiger partial charge in [0.05, 0.1) is 15.9 Å². The standard InChI is InChI=1S/C22H20N4O3S/c1-15-7-10-17(11-8-15)25-30(28,29)18-12-9-16(2)19(13-18)22(27)24-26-14-23-20-5-3-4-6-21(20)26/h3-14,25H,1-2H3,(H,24,27). The third-order valence-electron chi connectivity index (χ3n) is 4.74. The van der Waals surface area contributed by atoms with E-state index in [0.717, 1.165) is 16.6 Å². The molecule has 2 N–H and O–H groups in total. The number of carbonyl (C=O) groups is 1. The van der Waals surface area contributed by atoms with Crippen LogP contribution in [-0.2, 0) is 10.0 Å². The zero-order chi connectivity index (χ0) is 21.3. The van der Waals surface area contributed by atoms with Crippen LogP contribution in [-0.4, -0.2) is 24.0 Å². The number of sulfonamides is 1. The zero-order valence-corrected chi connectivity index (χ0v) is 17.3. The first kappa shape index (κ1) is 19.7. The quantitative estimate of drug-likeness (QED) is 0.513. The van der Waals surface area contributed by atoms with Gasteiger partial charge in [-0.15, -0.1) is 0 Å². The molecule has 0 atom stereocenters. The van der Waals surface area contributed by atoms with Crippen molar-refractivity contribution in [2.24, 2.45) is 0 Å². The lowest BCUT2D eigenvalue weighted by Gasteiger charge is -2.12. The van der Waals surface area contributed by atoms with E-state index >= 15 is 0 Å². The Kier molecular flexibility index (Phi) is 5.01. The van der Waals surface area contributed by atoms with Crippen LogP contribution in [0.1, 0.15) is 21.5 Å². The van der Waals surface area contributed by atoms with Crippen molar-refractivity contribution in [2.45, 2.75) is 18.7 Å². The molecule has 0 unspecified atom stereocenters.